The summed E-state index contributed by atoms with van der Waals surface area (Å²) in [4.78, 5) is 12.4. The van der Waals surface area contributed by atoms with Crippen molar-refractivity contribution in [1.29, 1.82) is 0 Å². The van der Waals surface area contributed by atoms with Gasteiger partial charge in [-0.2, -0.15) is 5.10 Å². The molecule has 0 aromatic carbocycles. The largest absolute Gasteiger partial charge is 0.370 e. The van der Waals surface area contributed by atoms with Crippen molar-refractivity contribution in [3.05, 3.63) is 18.2 Å². The molecule has 2 aromatic rings. The summed E-state index contributed by atoms with van der Waals surface area (Å²) in [6, 6.07) is 0. The lowest BCUT2D eigenvalue weighted by atomic mass is 10.3. The number of anilines is 1. The second-order valence-electron chi connectivity index (χ2n) is 3.08. The van der Waals surface area contributed by atoms with E-state index in [2.05, 4.69) is 30.5 Å². The van der Waals surface area contributed by atoms with Gasteiger partial charge in [-0.1, -0.05) is 0 Å². The lowest BCUT2D eigenvalue weighted by molar-refractivity contribution is 0.951. The highest BCUT2D eigenvalue weighted by Gasteiger charge is 2.09. The van der Waals surface area contributed by atoms with Gasteiger partial charge in [0, 0.05) is 12.1 Å². The molecule has 2 aromatic heterocycles. The third-order valence-electron chi connectivity index (χ3n) is 1.97. The van der Waals surface area contributed by atoms with Crippen LogP contribution in [0.25, 0.3) is 0 Å². The third kappa shape index (κ3) is 2.30. The van der Waals surface area contributed by atoms with Crippen molar-refractivity contribution in [2.24, 2.45) is 0 Å². The van der Waals surface area contributed by atoms with Gasteiger partial charge in [-0.3, -0.25) is 5.10 Å². The zero-order chi connectivity index (χ0) is 11.4. The summed E-state index contributed by atoms with van der Waals surface area (Å²) in [6.45, 7) is 4.85. The fourth-order valence-electron chi connectivity index (χ4n) is 1.22. The van der Waals surface area contributed by atoms with Crippen molar-refractivity contribution in [2.45, 2.75) is 24.0 Å². The van der Waals surface area contributed by atoms with Crippen LogP contribution >= 0.6 is 11.8 Å². The Kier molecular flexibility index (Phi) is 3.35. The lowest BCUT2D eigenvalue weighted by Crippen LogP contribution is -2.03. The molecule has 6 nitrogen and oxygen atoms in total. The second-order valence-corrected chi connectivity index (χ2v) is 4.05. The number of aromatic nitrogens is 5. The van der Waals surface area contributed by atoms with Gasteiger partial charge < -0.3 is 5.32 Å². The van der Waals surface area contributed by atoms with E-state index in [1.165, 1.54) is 18.1 Å². The molecule has 0 saturated heterocycles. The molecule has 0 saturated carbocycles. The van der Waals surface area contributed by atoms with Crippen LogP contribution in [-0.2, 0) is 0 Å². The van der Waals surface area contributed by atoms with Gasteiger partial charge in [-0.25, -0.2) is 15.0 Å². The monoisotopic (exact) mass is 236 g/mol. The molecule has 0 aliphatic heterocycles. The van der Waals surface area contributed by atoms with E-state index >= 15 is 0 Å². The molecule has 2 rings (SSSR count). The van der Waals surface area contributed by atoms with Gasteiger partial charge in [0.25, 0.3) is 0 Å². The number of H-pyrrole nitrogens is 1. The van der Waals surface area contributed by atoms with Gasteiger partial charge in [0.2, 0.25) is 0 Å². The summed E-state index contributed by atoms with van der Waals surface area (Å²) < 4.78 is 0. The van der Waals surface area contributed by atoms with Crippen LogP contribution in [0.3, 0.4) is 0 Å². The van der Waals surface area contributed by atoms with Crippen LogP contribution in [0.1, 0.15) is 12.5 Å². The molecule has 0 atom stereocenters. The van der Waals surface area contributed by atoms with E-state index in [1.807, 2.05) is 13.8 Å². The van der Waals surface area contributed by atoms with Crippen LogP contribution in [0.15, 0.2) is 22.8 Å². The Morgan fingerprint density at radius 2 is 2.19 bits per heavy atom. The van der Waals surface area contributed by atoms with E-state index in [1.54, 1.807) is 6.33 Å². The first kappa shape index (κ1) is 10.9. The zero-order valence-corrected chi connectivity index (χ0v) is 9.88. The standard InChI is InChI=1S/C9H12N6S/c1-3-10-7-6(2)8(12-4-11-7)16-9-13-5-14-15-9/h4-5H,3H2,1-2H3,(H,10,11,12)(H,13,14,15). The number of aromatic amines is 1. The number of rotatable bonds is 4. The molecule has 84 valence electrons. The van der Waals surface area contributed by atoms with E-state index in [9.17, 15) is 0 Å². The van der Waals surface area contributed by atoms with Gasteiger partial charge in [-0.15, -0.1) is 0 Å². The van der Waals surface area contributed by atoms with Crippen molar-refractivity contribution in [1.82, 2.24) is 25.1 Å². The summed E-state index contributed by atoms with van der Waals surface area (Å²) >= 11 is 1.44. The van der Waals surface area contributed by atoms with Crippen LogP contribution in [0, 0.1) is 6.92 Å². The first-order valence-corrected chi connectivity index (χ1v) is 5.71. The van der Waals surface area contributed by atoms with Crippen molar-refractivity contribution in [3.63, 3.8) is 0 Å². The second kappa shape index (κ2) is 4.93. The summed E-state index contributed by atoms with van der Waals surface area (Å²) in [7, 11) is 0. The molecule has 0 aliphatic carbocycles. The van der Waals surface area contributed by atoms with Crippen LogP contribution in [0.4, 0.5) is 5.82 Å². The topological polar surface area (TPSA) is 79.4 Å². The summed E-state index contributed by atoms with van der Waals surface area (Å²) in [6.07, 6.45) is 3.02. The fraction of sp³-hybridized carbons (Fsp3) is 0.333. The van der Waals surface area contributed by atoms with Crippen LogP contribution < -0.4 is 5.32 Å². The van der Waals surface area contributed by atoms with E-state index < -0.39 is 0 Å². The molecule has 0 fully saturated rings. The normalized spacial score (nSPS) is 10.4. The Balaban J connectivity index is 2.24. The summed E-state index contributed by atoms with van der Waals surface area (Å²) in [5.74, 6) is 0.861. The third-order valence-corrected chi connectivity index (χ3v) is 2.96. The highest BCUT2D eigenvalue weighted by Crippen LogP contribution is 2.27. The zero-order valence-electron chi connectivity index (χ0n) is 9.06. The Hall–Kier alpha value is -1.63. The predicted octanol–water partition coefficient (Wildman–Crippen LogP) is 1.49. The summed E-state index contributed by atoms with van der Waals surface area (Å²) in [5, 5.41) is 11.4. The molecule has 0 spiro atoms. The van der Waals surface area contributed by atoms with Gasteiger partial charge in [0.05, 0.1) is 0 Å². The van der Waals surface area contributed by atoms with E-state index in [4.69, 9.17) is 0 Å². The van der Waals surface area contributed by atoms with E-state index in [0.29, 0.717) is 0 Å². The quantitative estimate of drug-likeness (QED) is 0.783. The number of nitrogens with zero attached hydrogens (tertiary/aromatic N) is 4. The van der Waals surface area contributed by atoms with Crippen molar-refractivity contribution in [3.8, 4) is 0 Å². The van der Waals surface area contributed by atoms with Crippen LogP contribution in [-0.4, -0.2) is 31.7 Å². The Morgan fingerprint density at radius 3 is 2.88 bits per heavy atom. The van der Waals surface area contributed by atoms with Crippen molar-refractivity contribution >= 4 is 17.6 Å². The maximum Gasteiger partial charge on any atom is 0.189 e. The maximum atomic E-state index is 4.22. The highest BCUT2D eigenvalue weighted by atomic mass is 32.2. The van der Waals surface area contributed by atoms with Crippen LogP contribution in [0.2, 0.25) is 0 Å². The average Bonchev–Trinajstić information content (AvgIpc) is 2.77. The van der Waals surface area contributed by atoms with Gasteiger partial charge in [-0.05, 0) is 25.6 Å². The Morgan fingerprint density at radius 1 is 1.31 bits per heavy atom. The lowest BCUT2D eigenvalue weighted by Gasteiger charge is -2.08. The highest BCUT2D eigenvalue weighted by molar-refractivity contribution is 7.99. The smallest absolute Gasteiger partial charge is 0.189 e. The summed E-state index contributed by atoms with van der Waals surface area (Å²) in [5.41, 5.74) is 1.02. The molecule has 0 bridgehead atoms. The SMILES string of the molecule is CCNc1ncnc(Sc2ncn[nH]2)c1C. The molecule has 0 aliphatic rings. The van der Waals surface area contributed by atoms with Crippen molar-refractivity contribution < 1.29 is 0 Å². The van der Waals surface area contributed by atoms with Gasteiger partial charge in [0.1, 0.15) is 23.5 Å². The molecule has 16 heavy (non-hydrogen) atoms. The molecular formula is C9H12N6S. The van der Waals surface area contributed by atoms with Gasteiger partial charge >= 0.3 is 0 Å². The van der Waals surface area contributed by atoms with Crippen LogP contribution in [0.5, 0.6) is 0 Å². The minimum atomic E-state index is 0.726. The first-order chi connectivity index (χ1) is 7.81. The molecular weight excluding hydrogens is 224 g/mol. The van der Waals surface area contributed by atoms with Gasteiger partial charge in [0.15, 0.2) is 5.16 Å². The molecule has 2 heterocycles. The Bertz CT molecular complexity index is 455. The minimum Gasteiger partial charge on any atom is -0.370 e. The first-order valence-electron chi connectivity index (χ1n) is 4.90. The molecule has 2 N–H and O–H groups in total. The minimum absolute atomic E-state index is 0.726. The number of nitrogens with one attached hydrogen (secondary N) is 2. The fourth-order valence-corrected chi connectivity index (χ4v) is 1.95. The van der Waals surface area contributed by atoms with E-state index in [0.717, 1.165) is 28.1 Å². The molecule has 0 radical (unpaired) electrons. The van der Waals surface area contributed by atoms with E-state index in [-0.39, 0.29) is 0 Å². The molecule has 0 amide bonds. The molecule has 0 unspecified atom stereocenters. The molecule has 7 heteroatoms. The average molecular weight is 236 g/mol. The van der Waals surface area contributed by atoms with Crippen molar-refractivity contribution in [2.75, 3.05) is 11.9 Å². The maximum absolute atomic E-state index is 4.22. The predicted molar refractivity (Wildman–Crippen MR) is 61.4 cm³/mol. The Labute approximate surface area is 97.3 Å². The number of hydrogen-bond acceptors (Lipinski definition) is 6. The number of hydrogen-bond donors (Lipinski definition) is 2.